The standard InChI is InChI=1S/C27H26FN3O4S.C22H18ClFN2O4S.C5H9N.CH4/c28-21-8-6-20(7-9-21)25(32)30-24(14-18-4-2-1-3-5-18)26(33)29-22-10-12-23(13-11-22)36(34,35)31-27-15-19(16-27)17-27;23-31(29,30)19-12-10-18(11-13-19)25-22(28)20(14-15-4-2-1-3-5-15)26-21(27)16-6-8-17(24)9-7-16;6-5-1-4(2-5)3-5;/h1-13,19,24,31H,14-17H2,(H,29,33)(H,30,32);1-13,20H,14H2,(H,25,28)(H,26,27);4H,1-3,6H2;1H4/t19?,24-,27?;20-;;/m00../s1. The van der Waals surface area contributed by atoms with Gasteiger partial charge in [-0.3, -0.25) is 19.2 Å². The number of halogens is 3. The lowest BCUT2D eigenvalue weighted by Crippen LogP contribution is -2.67. The van der Waals surface area contributed by atoms with Gasteiger partial charge in [0.25, 0.3) is 20.9 Å². The first-order valence-corrected chi connectivity index (χ1v) is 27.3. The van der Waals surface area contributed by atoms with Crippen LogP contribution in [0.3, 0.4) is 0 Å². The second-order valence-electron chi connectivity index (χ2n) is 19.1. The fourth-order valence-electron chi connectivity index (χ4n) is 9.17. The maximum absolute atomic E-state index is 13.2. The van der Waals surface area contributed by atoms with E-state index in [9.17, 15) is 44.8 Å². The Morgan fingerprint density at radius 2 is 0.892 bits per heavy atom. The quantitative estimate of drug-likeness (QED) is 0.0511. The highest BCUT2D eigenvalue weighted by Gasteiger charge is 2.58. The van der Waals surface area contributed by atoms with Gasteiger partial charge < -0.3 is 27.0 Å². The van der Waals surface area contributed by atoms with Crippen molar-refractivity contribution >= 4 is 64.8 Å². The zero-order chi connectivity index (χ0) is 52.0. The zero-order valence-corrected chi connectivity index (χ0v) is 41.7. The van der Waals surface area contributed by atoms with Gasteiger partial charge in [0.15, 0.2) is 0 Å². The van der Waals surface area contributed by atoms with Crippen molar-refractivity contribution < 1.29 is 44.8 Å². The molecule has 4 amide bonds. The Kier molecular flexibility index (Phi) is 17.2. The molecule has 14 nitrogen and oxygen atoms in total. The Bertz CT molecular complexity index is 3140. The van der Waals surface area contributed by atoms with Gasteiger partial charge in [-0.1, -0.05) is 68.1 Å². The van der Waals surface area contributed by atoms with Gasteiger partial charge in [0, 0.05) is 57.1 Å². The molecule has 6 aromatic rings. The van der Waals surface area contributed by atoms with Crippen LogP contribution in [0, 0.1) is 23.5 Å². The van der Waals surface area contributed by atoms with Crippen molar-refractivity contribution in [3.63, 3.8) is 0 Å². The predicted octanol–water partition coefficient (Wildman–Crippen LogP) is 8.50. The number of nitrogens with two attached hydrogens (primary N) is 1. The molecular weight excluding hydrogens is 1010 g/mol. The summed E-state index contributed by atoms with van der Waals surface area (Å²) in [4.78, 5) is 51.4. The highest BCUT2D eigenvalue weighted by atomic mass is 35.7. The van der Waals surface area contributed by atoms with Crippen molar-refractivity contribution in [1.29, 1.82) is 0 Å². The van der Waals surface area contributed by atoms with Crippen molar-refractivity contribution in [1.82, 2.24) is 15.4 Å². The van der Waals surface area contributed by atoms with Crippen LogP contribution in [-0.2, 0) is 41.5 Å². The van der Waals surface area contributed by atoms with Crippen LogP contribution in [0.15, 0.2) is 168 Å². The fourth-order valence-corrected chi connectivity index (χ4v) is 11.4. The molecule has 2 atom stereocenters. The van der Waals surface area contributed by atoms with E-state index in [1.807, 2.05) is 60.7 Å². The summed E-state index contributed by atoms with van der Waals surface area (Å²) in [5, 5.41) is 10.8. The van der Waals surface area contributed by atoms with Gasteiger partial charge in [0.2, 0.25) is 21.8 Å². The molecule has 0 unspecified atom stereocenters. The fraction of sp³-hybridized carbons (Fsp3) is 0.273. The van der Waals surface area contributed by atoms with Crippen LogP contribution in [0.5, 0.6) is 0 Å². The minimum absolute atomic E-state index is 0. The number of amides is 4. The molecule has 19 heteroatoms. The van der Waals surface area contributed by atoms with E-state index in [0.29, 0.717) is 22.8 Å². The maximum atomic E-state index is 13.2. The van der Waals surface area contributed by atoms with Crippen LogP contribution < -0.4 is 31.7 Å². The van der Waals surface area contributed by atoms with Gasteiger partial charge in [-0.25, -0.2) is 30.3 Å². The lowest BCUT2D eigenvalue weighted by molar-refractivity contribution is -0.118. The minimum Gasteiger partial charge on any atom is -0.340 e. The SMILES string of the molecule is C.NC12CC(C1)C2.O=C(N[C@@H](Cc1ccccc1)C(=O)Nc1ccc(S(=O)(=O)Cl)cc1)c1ccc(F)cc1.O=C(N[C@@H](Cc1ccccc1)C(=O)Nc1ccc(S(=O)(=O)NC23CC(C2)C3)cc1)c1ccc(F)cc1. The van der Waals surface area contributed by atoms with Crippen molar-refractivity contribution in [2.75, 3.05) is 10.6 Å². The number of hydrogen-bond donors (Lipinski definition) is 6. The van der Waals surface area contributed by atoms with Crippen LogP contribution in [-0.4, -0.2) is 63.6 Å². The molecule has 0 aromatic heterocycles. The Morgan fingerprint density at radius 3 is 1.20 bits per heavy atom. The number of anilines is 2. The average Bonchev–Trinajstić information content (AvgIpc) is 3.32. The normalized spacial score (nSPS) is 20.3. The van der Waals surface area contributed by atoms with Crippen LogP contribution in [0.1, 0.15) is 77.8 Å². The van der Waals surface area contributed by atoms with Gasteiger partial charge in [-0.15, -0.1) is 0 Å². The number of carbonyl (C=O) groups is 4. The number of rotatable bonds is 16. The monoisotopic (exact) mass is 1070 g/mol. The number of hydrogen-bond acceptors (Lipinski definition) is 9. The van der Waals surface area contributed by atoms with Crippen molar-refractivity contribution in [3.8, 4) is 0 Å². The number of carbonyl (C=O) groups excluding carboxylic acids is 4. The summed E-state index contributed by atoms with van der Waals surface area (Å²) in [6.45, 7) is 0. The minimum atomic E-state index is -3.88. The smallest absolute Gasteiger partial charge is 0.261 e. The van der Waals surface area contributed by atoms with Crippen molar-refractivity contribution in [3.05, 3.63) is 192 Å². The summed E-state index contributed by atoms with van der Waals surface area (Å²) in [5.41, 5.74) is 8.63. The summed E-state index contributed by atoms with van der Waals surface area (Å²) in [5.74, 6) is -1.23. The molecule has 6 fully saturated rings. The highest BCUT2D eigenvalue weighted by Crippen LogP contribution is 2.57. The third-order valence-electron chi connectivity index (χ3n) is 13.3. The van der Waals surface area contributed by atoms with Crippen molar-refractivity contribution in [2.24, 2.45) is 17.6 Å². The molecule has 12 rings (SSSR count). The van der Waals surface area contributed by atoms with Gasteiger partial charge in [-0.2, -0.15) is 0 Å². The average molecular weight is 1070 g/mol. The van der Waals surface area contributed by atoms with Crippen LogP contribution in [0.4, 0.5) is 20.2 Å². The lowest BCUT2D eigenvalue weighted by Gasteiger charge is -2.61. The summed E-state index contributed by atoms with van der Waals surface area (Å²) in [7, 11) is -2.22. The molecule has 0 heterocycles. The lowest BCUT2D eigenvalue weighted by atomic mass is 9.50. The molecule has 7 N–H and O–H groups in total. The van der Waals surface area contributed by atoms with E-state index < -0.39 is 66.4 Å². The first-order chi connectivity index (χ1) is 34.7. The zero-order valence-electron chi connectivity index (χ0n) is 39.3. The number of benzene rings is 6. The first-order valence-electron chi connectivity index (χ1n) is 23.5. The van der Waals surface area contributed by atoms with E-state index in [1.54, 1.807) is 0 Å². The van der Waals surface area contributed by atoms with Gasteiger partial charge in [0.05, 0.1) is 9.79 Å². The van der Waals surface area contributed by atoms with E-state index in [4.69, 9.17) is 16.4 Å². The van der Waals surface area contributed by atoms with Crippen molar-refractivity contribution in [2.45, 2.75) is 91.7 Å². The molecule has 0 radical (unpaired) electrons. The third kappa shape index (κ3) is 14.3. The Balaban J connectivity index is 0.000000192. The topological polar surface area (TPSA) is 223 Å². The molecule has 0 aliphatic heterocycles. The molecule has 0 spiro atoms. The Labute approximate surface area is 434 Å². The molecule has 388 valence electrons. The third-order valence-corrected chi connectivity index (χ3v) is 16.3. The molecule has 0 saturated heterocycles. The number of sulfonamides is 1. The molecule has 6 aromatic carbocycles. The molecule has 6 aliphatic rings. The van der Waals surface area contributed by atoms with E-state index >= 15 is 0 Å². The largest absolute Gasteiger partial charge is 0.340 e. The van der Waals surface area contributed by atoms with Crippen LogP contribution >= 0.6 is 10.7 Å². The van der Waals surface area contributed by atoms with Gasteiger partial charge in [0.1, 0.15) is 23.7 Å². The summed E-state index contributed by atoms with van der Waals surface area (Å²) in [6.07, 6.45) is 7.12. The van der Waals surface area contributed by atoms with E-state index in [0.717, 1.165) is 48.4 Å². The molecule has 74 heavy (non-hydrogen) atoms. The Hall–Kier alpha value is -6.83. The summed E-state index contributed by atoms with van der Waals surface area (Å²) in [6, 6.07) is 37.8. The second kappa shape index (κ2) is 23.2. The molecule has 4 bridgehead atoms. The first kappa shape index (κ1) is 54.9. The highest BCUT2D eigenvalue weighted by molar-refractivity contribution is 8.13. The van der Waals surface area contributed by atoms with E-state index in [1.165, 1.54) is 104 Å². The summed E-state index contributed by atoms with van der Waals surface area (Å²) >= 11 is 0. The molecule has 6 saturated carbocycles. The van der Waals surface area contributed by atoms with Crippen LogP contribution in [0.2, 0.25) is 0 Å². The maximum Gasteiger partial charge on any atom is 0.261 e. The van der Waals surface area contributed by atoms with Crippen LogP contribution in [0.25, 0.3) is 0 Å². The number of nitrogens with one attached hydrogen (secondary N) is 5. The van der Waals surface area contributed by atoms with E-state index in [-0.39, 0.29) is 46.7 Å². The van der Waals surface area contributed by atoms with Gasteiger partial charge >= 0.3 is 0 Å². The van der Waals surface area contributed by atoms with Gasteiger partial charge in [-0.05, 0) is 159 Å². The Morgan fingerprint density at radius 1 is 0.541 bits per heavy atom. The molecular formula is C55H57ClF2N6O8S2. The predicted molar refractivity (Wildman–Crippen MR) is 280 cm³/mol. The summed E-state index contributed by atoms with van der Waals surface area (Å²) < 4.78 is 77.3. The van der Waals surface area contributed by atoms with E-state index in [2.05, 4.69) is 26.0 Å². The molecule has 6 aliphatic carbocycles. The second-order valence-corrected chi connectivity index (χ2v) is 23.4.